The minimum Gasteiger partial charge on any atom is -0.463 e. The zero-order valence-corrected chi connectivity index (χ0v) is 14.3. The first-order valence-electron chi connectivity index (χ1n) is 8.07. The first kappa shape index (κ1) is 18.3. The summed E-state index contributed by atoms with van der Waals surface area (Å²) in [4.78, 5) is 29.7. The zero-order chi connectivity index (χ0) is 18.8. The van der Waals surface area contributed by atoms with Crippen LogP contribution in [0.1, 0.15) is 18.0 Å². The summed E-state index contributed by atoms with van der Waals surface area (Å²) in [5, 5.41) is 20.0. The van der Waals surface area contributed by atoms with Crippen molar-refractivity contribution in [2.24, 2.45) is 0 Å². The average Bonchev–Trinajstić information content (AvgIpc) is 2.93. The number of methoxy groups -OCH3 is 1. The SMILES string of the molecule is COC(=O)C1=CC(O)C(O)C(O[C@@H]2CC(c3cccnc3)N(C)C2=O)O1. The summed E-state index contributed by atoms with van der Waals surface area (Å²) >= 11 is 0. The number of likely N-dealkylation sites (tertiary alicyclic amines) is 1. The second kappa shape index (κ2) is 7.40. The number of pyridine rings is 1. The number of ether oxygens (including phenoxy) is 3. The van der Waals surface area contributed by atoms with Gasteiger partial charge in [0.15, 0.2) is 0 Å². The molecule has 2 N–H and O–H groups in total. The Bertz CT molecular complexity index is 708. The molecule has 1 saturated heterocycles. The lowest BCUT2D eigenvalue weighted by atomic mass is 10.1. The quantitative estimate of drug-likeness (QED) is 0.687. The standard InChI is InChI=1S/C17H20N2O7/c1-19-10(9-4-3-5-18-8-9)6-12(15(19)22)25-17-14(21)11(20)7-13(26-17)16(23)24-2/h3-5,7-8,10-12,14,17,20-21H,6H2,1-2H3/t10?,11?,12-,14?,17?/m1/s1. The Morgan fingerprint density at radius 2 is 2.19 bits per heavy atom. The molecule has 3 heterocycles. The summed E-state index contributed by atoms with van der Waals surface area (Å²) in [6.07, 6.45) is -0.427. The third kappa shape index (κ3) is 3.41. The van der Waals surface area contributed by atoms with E-state index in [2.05, 4.69) is 9.72 Å². The summed E-state index contributed by atoms with van der Waals surface area (Å²) in [6.45, 7) is 0. The van der Waals surface area contributed by atoms with Crippen LogP contribution in [0, 0.1) is 0 Å². The molecule has 9 nitrogen and oxygen atoms in total. The van der Waals surface area contributed by atoms with E-state index in [0.29, 0.717) is 6.42 Å². The lowest BCUT2D eigenvalue weighted by Crippen LogP contribution is -2.46. The summed E-state index contributed by atoms with van der Waals surface area (Å²) in [7, 11) is 2.81. The van der Waals surface area contributed by atoms with Crippen molar-refractivity contribution >= 4 is 11.9 Å². The minimum absolute atomic E-state index is 0.234. The molecular weight excluding hydrogens is 344 g/mol. The van der Waals surface area contributed by atoms with Gasteiger partial charge in [-0.1, -0.05) is 6.07 Å². The molecule has 0 aromatic carbocycles. The number of aliphatic hydroxyl groups excluding tert-OH is 2. The van der Waals surface area contributed by atoms with Gasteiger partial charge in [-0.2, -0.15) is 0 Å². The van der Waals surface area contributed by atoms with Crippen molar-refractivity contribution in [1.82, 2.24) is 9.88 Å². The van der Waals surface area contributed by atoms with Crippen molar-refractivity contribution in [3.8, 4) is 0 Å². The molecule has 2 aliphatic rings. The second-order valence-electron chi connectivity index (χ2n) is 6.10. The first-order valence-corrected chi connectivity index (χ1v) is 8.07. The predicted molar refractivity (Wildman–Crippen MR) is 86.2 cm³/mol. The number of carbonyl (C=O) groups excluding carboxylic acids is 2. The number of esters is 1. The van der Waals surface area contributed by atoms with Crippen molar-refractivity contribution < 1.29 is 34.0 Å². The Balaban J connectivity index is 1.73. The maximum absolute atomic E-state index is 12.5. The third-order valence-electron chi connectivity index (χ3n) is 4.48. The highest BCUT2D eigenvalue weighted by Crippen LogP contribution is 2.34. The molecule has 140 valence electrons. The fourth-order valence-electron chi connectivity index (χ4n) is 3.02. The lowest BCUT2D eigenvalue weighted by Gasteiger charge is -2.32. The molecule has 1 aromatic heterocycles. The lowest BCUT2D eigenvalue weighted by molar-refractivity contribution is -0.223. The van der Waals surface area contributed by atoms with Crippen LogP contribution in [0.25, 0.3) is 0 Å². The molecule has 2 aliphatic heterocycles. The number of hydrogen-bond donors (Lipinski definition) is 2. The van der Waals surface area contributed by atoms with Crippen molar-refractivity contribution in [2.45, 2.75) is 37.1 Å². The van der Waals surface area contributed by atoms with Crippen LogP contribution in [0.3, 0.4) is 0 Å². The van der Waals surface area contributed by atoms with Crippen molar-refractivity contribution in [3.05, 3.63) is 41.9 Å². The fraction of sp³-hybridized carbons (Fsp3) is 0.471. The molecule has 9 heteroatoms. The van der Waals surface area contributed by atoms with Crippen LogP contribution in [0.15, 0.2) is 36.4 Å². The normalized spacial score (nSPS) is 31.4. The van der Waals surface area contributed by atoms with Crippen molar-refractivity contribution in [1.29, 1.82) is 0 Å². The van der Waals surface area contributed by atoms with Gasteiger partial charge in [0.05, 0.1) is 13.2 Å². The molecule has 5 atom stereocenters. The van der Waals surface area contributed by atoms with Gasteiger partial charge in [-0.15, -0.1) is 0 Å². The van der Waals surface area contributed by atoms with E-state index in [1.165, 1.54) is 4.90 Å². The van der Waals surface area contributed by atoms with Crippen LogP contribution in [0.5, 0.6) is 0 Å². The van der Waals surface area contributed by atoms with E-state index < -0.39 is 30.6 Å². The smallest absolute Gasteiger partial charge is 0.373 e. The van der Waals surface area contributed by atoms with E-state index in [1.54, 1.807) is 25.5 Å². The third-order valence-corrected chi connectivity index (χ3v) is 4.48. The molecule has 1 aromatic rings. The highest BCUT2D eigenvalue weighted by molar-refractivity contribution is 5.86. The Labute approximate surface area is 149 Å². The van der Waals surface area contributed by atoms with Gasteiger partial charge in [-0.05, 0) is 17.7 Å². The van der Waals surface area contributed by atoms with E-state index in [1.807, 2.05) is 6.07 Å². The molecule has 26 heavy (non-hydrogen) atoms. The number of aromatic nitrogens is 1. The number of carbonyl (C=O) groups is 2. The van der Waals surface area contributed by atoms with Gasteiger partial charge in [0.1, 0.15) is 18.3 Å². The average molecular weight is 364 g/mol. The first-order chi connectivity index (χ1) is 12.4. The molecule has 0 radical (unpaired) electrons. The van der Waals surface area contributed by atoms with Crippen LogP contribution in [0.4, 0.5) is 0 Å². The summed E-state index contributed by atoms with van der Waals surface area (Å²) < 4.78 is 15.4. The number of nitrogens with zero attached hydrogens (tertiary/aromatic N) is 2. The van der Waals surface area contributed by atoms with Gasteiger partial charge < -0.3 is 29.3 Å². The molecule has 4 unspecified atom stereocenters. The molecule has 1 fully saturated rings. The number of hydrogen-bond acceptors (Lipinski definition) is 8. The number of amides is 1. The molecular formula is C17H20N2O7. The van der Waals surface area contributed by atoms with Gasteiger partial charge in [0, 0.05) is 25.9 Å². The maximum Gasteiger partial charge on any atom is 0.373 e. The largest absolute Gasteiger partial charge is 0.463 e. The number of rotatable bonds is 4. The van der Waals surface area contributed by atoms with Gasteiger partial charge in [0.2, 0.25) is 12.0 Å². The highest BCUT2D eigenvalue weighted by Gasteiger charge is 2.44. The molecule has 3 rings (SSSR count). The Morgan fingerprint density at radius 3 is 2.85 bits per heavy atom. The van der Waals surface area contributed by atoms with Gasteiger partial charge in [-0.25, -0.2) is 4.79 Å². The van der Waals surface area contributed by atoms with E-state index in [0.717, 1.165) is 18.7 Å². The maximum atomic E-state index is 12.5. The van der Waals surface area contributed by atoms with Crippen LogP contribution in [0.2, 0.25) is 0 Å². The monoisotopic (exact) mass is 364 g/mol. The molecule has 0 spiro atoms. The highest BCUT2D eigenvalue weighted by atomic mass is 16.7. The van der Waals surface area contributed by atoms with Gasteiger partial charge in [0.25, 0.3) is 5.91 Å². The van der Waals surface area contributed by atoms with Gasteiger partial charge >= 0.3 is 5.97 Å². The molecule has 0 bridgehead atoms. The topological polar surface area (TPSA) is 118 Å². The van der Waals surface area contributed by atoms with Crippen LogP contribution >= 0.6 is 0 Å². The van der Waals surface area contributed by atoms with E-state index >= 15 is 0 Å². The number of likely N-dealkylation sites (N-methyl/N-ethyl adjacent to an activating group) is 1. The van der Waals surface area contributed by atoms with Crippen molar-refractivity contribution in [2.75, 3.05) is 14.2 Å². The van der Waals surface area contributed by atoms with E-state index in [9.17, 15) is 19.8 Å². The summed E-state index contributed by atoms with van der Waals surface area (Å²) in [5.74, 6) is -1.39. The van der Waals surface area contributed by atoms with Crippen LogP contribution < -0.4 is 0 Å². The minimum atomic E-state index is -1.45. The number of aliphatic hydroxyl groups is 2. The van der Waals surface area contributed by atoms with Crippen LogP contribution in [-0.2, 0) is 23.8 Å². The predicted octanol–water partition coefficient (Wildman–Crippen LogP) is -0.495. The fourth-order valence-corrected chi connectivity index (χ4v) is 3.02. The molecule has 0 aliphatic carbocycles. The van der Waals surface area contributed by atoms with E-state index in [4.69, 9.17) is 9.47 Å². The zero-order valence-electron chi connectivity index (χ0n) is 14.3. The summed E-state index contributed by atoms with van der Waals surface area (Å²) in [5.41, 5.74) is 0.856. The molecule has 0 saturated carbocycles. The van der Waals surface area contributed by atoms with Crippen molar-refractivity contribution in [3.63, 3.8) is 0 Å². The summed E-state index contributed by atoms with van der Waals surface area (Å²) in [6, 6.07) is 3.40. The second-order valence-corrected chi connectivity index (χ2v) is 6.10. The van der Waals surface area contributed by atoms with Gasteiger partial charge in [-0.3, -0.25) is 9.78 Å². The van der Waals surface area contributed by atoms with E-state index in [-0.39, 0.29) is 17.7 Å². The molecule has 1 amide bonds. The van der Waals surface area contributed by atoms with Crippen LogP contribution in [-0.4, -0.2) is 70.7 Å². The Kier molecular flexibility index (Phi) is 5.21. The Hall–Kier alpha value is -2.49. The Morgan fingerprint density at radius 1 is 1.42 bits per heavy atom.